The Morgan fingerprint density at radius 2 is 2.20 bits per heavy atom. The van der Waals surface area contributed by atoms with E-state index in [0.717, 1.165) is 17.0 Å². The minimum atomic E-state index is 0.464. The summed E-state index contributed by atoms with van der Waals surface area (Å²) in [5, 5.41) is 4.15. The molecule has 0 amide bonds. The van der Waals surface area contributed by atoms with Gasteiger partial charge < -0.3 is 10.3 Å². The Kier molecular flexibility index (Phi) is 2.40. The van der Waals surface area contributed by atoms with E-state index in [9.17, 15) is 0 Å². The SMILES string of the molecule is Cc1cc(N)ncc1-c1noc(C2CCCC23CC3)n1. The van der Waals surface area contributed by atoms with Gasteiger partial charge in [-0.15, -0.1) is 0 Å². The van der Waals surface area contributed by atoms with Gasteiger partial charge in [0, 0.05) is 17.7 Å². The first-order valence-corrected chi connectivity index (χ1v) is 7.24. The van der Waals surface area contributed by atoms with E-state index in [4.69, 9.17) is 10.3 Å². The van der Waals surface area contributed by atoms with Gasteiger partial charge in [0.25, 0.3) is 0 Å². The fourth-order valence-corrected chi connectivity index (χ4v) is 3.58. The van der Waals surface area contributed by atoms with E-state index < -0.39 is 0 Å². The van der Waals surface area contributed by atoms with Gasteiger partial charge in [-0.05, 0) is 49.7 Å². The third-order valence-corrected chi connectivity index (χ3v) is 4.91. The van der Waals surface area contributed by atoms with Gasteiger partial charge in [0.1, 0.15) is 5.82 Å². The lowest BCUT2D eigenvalue weighted by molar-refractivity contribution is 0.314. The molecule has 2 saturated carbocycles. The maximum atomic E-state index is 5.68. The molecule has 2 aromatic heterocycles. The molecule has 1 unspecified atom stereocenters. The smallest absolute Gasteiger partial charge is 0.230 e. The van der Waals surface area contributed by atoms with Crippen molar-refractivity contribution in [2.75, 3.05) is 5.73 Å². The Hall–Kier alpha value is -1.91. The van der Waals surface area contributed by atoms with Gasteiger partial charge in [0.05, 0.1) is 0 Å². The molecular weight excluding hydrogens is 252 g/mol. The largest absolute Gasteiger partial charge is 0.384 e. The molecule has 2 heterocycles. The molecule has 20 heavy (non-hydrogen) atoms. The lowest BCUT2D eigenvalue weighted by atomic mass is 9.93. The van der Waals surface area contributed by atoms with E-state index in [-0.39, 0.29) is 0 Å². The summed E-state index contributed by atoms with van der Waals surface area (Å²) in [5.41, 5.74) is 8.09. The Balaban J connectivity index is 1.68. The van der Waals surface area contributed by atoms with Crippen molar-refractivity contribution in [3.05, 3.63) is 23.7 Å². The summed E-state index contributed by atoms with van der Waals surface area (Å²) in [5.74, 6) is 2.42. The van der Waals surface area contributed by atoms with E-state index in [0.29, 0.717) is 23.0 Å². The zero-order valence-corrected chi connectivity index (χ0v) is 11.6. The number of aryl methyl sites for hydroxylation is 1. The van der Waals surface area contributed by atoms with Crippen molar-refractivity contribution in [1.29, 1.82) is 0 Å². The maximum Gasteiger partial charge on any atom is 0.230 e. The Labute approximate surface area is 117 Å². The minimum absolute atomic E-state index is 0.464. The van der Waals surface area contributed by atoms with Crippen LogP contribution < -0.4 is 5.73 Å². The summed E-state index contributed by atoms with van der Waals surface area (Å²) in [6.07, 6.45) is 8.14. The molecule has 0 saturated heterocycles. The standard InChI is InChI=1S/C15H18N4O/c1-9-7-12(16)17-8-10(9)13-18-14(20-19-13)11-3-2-4-15(11)5-6-15/h7-8,11H,2-6H2,1H3,(H2,16,17). The maximum absolute atomic E-state index is 5.68. The number of rotatable bonds is 2. The summed E-state index contributed by atoms with van der Waals surface area (Å²) in [6.45, 7) is 1.99. The third kappa shape index (κ3) is 1.72. The van der Waals surface area contributed by atoms with Gasteiger partial charge >= 0.3 is 0 Å². The zero-order valence-electron chi connectivity index (χ0n) is 11.6. The Bertz CT molecular complexity index is 660. The van der Waals surface area contributed by atoms with Crippen LogP contribution in [0.1, 0.15) is 49.5 Å². The quantitative estimate of drug-likeness (QED) is 0.907. The number of aromatic nitrogens is 3. The monoisotopic (exact) mass is 270 g/mol. The number of pyridine rings is 1. The van der Waals surface area contributed by atoms with Gasteiger partial charge in [-0.25, -0.2) is 4.98 Å². The van der Waals surface area contributed by atoms with Gasteiger partial charge in [0.2, 0.25) is 11.7 Å². The molecule has 5 nitrogen and oxygen atoms in total. The van der Waals surface area contributed by atoms with Crippen LogP contribution in [0.2, 0.25) is 0 Å². The van der Waals surface area contributed by atoms with Gasteiger partial charge in [0.15, 0.2) is 0 Å². The number of nitrogen functional groups attached to an aromatic ring is 1. The summed E-state index contributed by atoms with van der Waals surface area (Å²) in [4.78, 5) is 8.75. The van der Waals surface area contributed by atoms with Crippen molar-refractivity contribution in [3.63, 3.8) is 0 Å². The molecule has 2 aliphatic rings. The molecule has 0 aromatic carbocycles. The highest BCUT2D eigenvalue weighted by Gasteiger charge is 2.54. The van der Waals surface area contributed by atoms with E-state index in [1.54, 1.807) is 6.20 Å². The Morgan fingerprint density at radius 3 is 2.95 bits per heavy atom. The molecule has 0 radical (unpaired) electrons. The van der Waals surface area contributed by atoms with E-state index in [1.165, 1.54) is 32.1 Å². The van der Waals surface area contributed by atoms with Crippen molar-refractivity contribution in [3.8, 4) is 11.4 Å². The van der Waals surface area contributed by atoms with Crippen LogP contribution in [-0.2, 0) is 0 Å². The fraction of sp³-hybridized carbons (Fsp3) is 0.533. The van der Waals surface area contributed by atoms with Crippen LogP contribution >= 0.6 is 0 Å². The second kappa shape index (κ2) is 4.04. The summed E-state index contributed by atoms with van der Waals surface area (Å²) >= 11 is 0. The van der Waals surface area contributed by atoms with Crippen LogP contribution in [0, 0.1) is 12.3 Å². The molecule has 0 aliphatic heterocycles. The van der Waals surface area contributed by atoms with Crippen molar-refractivity contribution in [2.45, 2.75) is 44.9 Å². The number of nitrogens with two attached hydrogens (primary N) is 1. The molecule has 1 atom stereocenters. The molecule has 104 valence electrons. The fourth-order valence-electron chi connectivity index (χ4n) is 3.58. The van der Waals surface area contributed by atoms with Crippen molar-refractivity contribution in [1.82, 2.24) is 15.1 Å². The first kappa shape index (κ1) is 11.9. The van der Waals surface area contributed by atoms with Crippen LogP contribution in [0.4, 0.5) is 5.82 Å². The molecule has 4 rings (SSSR count). The van der Waals surface area contributed by atoms with E-state index in [2.05, 4.69) is 15.1 Å². The first-order chi connectivity index (χ1) is 9.68. The van der Waals surface area contributed by atoms with Crippen molar-refractivity contribution < 1.29 is 4.52 Å². The highest BCUT2D eigenvalue weighted by molar-refractivity contribution is 5.60. The van der Waals surface area contributed by atoms with Crippen LogP contribution in [-0.4, -0.2) is 15.1 Å². The summed E-state index contributed by atoms with van der Waals surface area (Å²) in [6, 6.07) is 1.84. The molecule has 2 aromatic rings. The van der Waals surface area contributed by atoms with Crippen LogP contribution in [0.15, 0.2) is 16.8 Å². The van der Waals surface area contributed by atoms with Crippen LogP contribution in [0.25, 0.3) is 11.4 Å². The molecular formula is C15H18N4O. The predicted molar refractivity (Wildman–Crippen MR) is 74.9 cm³/mol. The molecule has 0 bridgehead atoms. The first-order valence-electron chi connectivity index (χ1n) is 7.24. The van der Waals surface area contributed by atoms with Crippen molar-refractivity contribution in [2.24, 2.45) is 5.41 Å². The van der Waals surface area contributed by atoms with Crippen LogP contribution in [0.3, 0.4) is 0 Å². The van der Waals surface area contributed by atoms with Gasteiger partial charge in [-0.1, -0.05) is 11.6 Å². The molecule has 2 aliphatic carbocycles. The highest BCUT2D eigenvalue weighted by atomic mass is 16.5. The topological polar surface area (TPSA) is 77.8 Å². The van der Waals surface area contributed by atoms with Crippen molar-refractivity contribution >= 4 is 5.82 Å². The molecule has 1 spiro atoms. The number of anilines is 1. The number of nitrogens with zero attached hydrogens (tertiary/aromatic N) is 3. The summed E-state index contributed by atoms with van der Waals surface area (Å²) in [7, 11) is 0. The average molecular weight is 270 g/mol. The van der Waals surface area contributed by atoms with Gasteiger partial charge in [-0.3, -0.25) is 0 Å². The highest BCUT2D eigenvalue weighted by Crippen LogP contribution is 2.64. The van der Waals surface area contributed by atoms with E-state index >= 15 is 0 Å². The summed E-state index contributed by atoms with van der Waals surface area (Å²) < 4.78 is 5.54. The normalized spacial score (nSPS) is 23.4. The third-order valence-electron chi connectivity index (χ3n) is 4.91. The zero-order chi connectivity index (χ0) is 13.7. The number of hydrogen-bond donors (Lipinski definition) is 1. The molecule has 2 N–H and O–H groups in total. The Morgan fingerprint density at radius 1 is 1.35 bits per heavy atom. The minimum Gasteiger partial charge on any atom is -0.384 e. The van der Waals surface area contributed by atoms with E-state index in [1.807, 2.05) is 13.0 Å². The second-order valence-electron chi connectivity index (χ2n) is 6.19. The van der Waals surface area contributed by atoms with Crippen LogP contribution in [0.5, 0.6) is 0 Å². The lowest BCUT2D eigenvalue weighted by Gasteiger charge is -2.12. The van der Waals surface area contributed by atoms with Gasteiger partial charge in [-0.2, -0.15) is 4.98 Å². The second-order valence-corrected chi connectivity index (χ2v) is 6.19. The molecule has 2 fully saturated rings. The predicted octanol–water partition coefficient (Wildman–Crippen LogP) is 3.07. The lowest BCUT2D eigenvalue weighted by Crippen LogP contribution is -2.06. The average Bonchev–Trinajstić information content (AvgIpc) is 2.83. The number of hydrogen-bond acceptors (Lipinski definition) is 5. The molecule has 5 heteroatoms.